The Balaban J connectivity index is 0.00000111. The average Bonchev–Trinajstić information content (AvgIpc) is 2.70. The maximum absolute atomic E-state index is 12.4. The second-order valence-corrected chi connectivity index (χ2v) is 11.1. The van der Waals surface area contributed by atoms with Crippen molar-refractivity contribution in [3.05, 3.63) is 23.8 Å². The highest BCUT2D eigenvalue weighted by atomic mass is 32.2. The predicted octanol–water partition coefficient (Wildman–Crippen LogP) is 1.94. The van der Waals surface area contributed by atoms with E-state index < -0.39 is 40.5 Å². The summed E-state index contributed by atoms with van der Waals surface area (Å²) >= 11 is 0. The van der Waals surface area contributed by atoms with Crippen LogP contribution in [0.25, 0.3) is 0 Å². The first-order chi connectivity index (χ1) is 16.1. The second kappa shape index (κ2) is 14.1. The van der Waals surface area contributed by atoms with E-state index in [9.17, 15) is 33.3 Å². The molecule has 0 amide bonds. The first-order valence-corrected chi connectivity index (χ1v) is 13.8. The Morgan fingerprint density at radius 2 is 1.83 bits per heavy atom. The zero-order valence-corrected chi connectivity index (χ0v) is 21.6. The van der Waals surface area contributed by atoms with Crippen molar-refractivity contribution >= 4 is 22.1 Å². The summed E-state index contributed by atoms with van der Waals surface area (Å²) in [7, 11) is -3.67. The molecule has 0 aromatic heterocycles. The number of ether oxygens (including phenoxy) is 1. The van der Waals surface area contributed by atoms with Gasteiger partial charge in [0.15, 0.2) is 0 Å². The third kappa shape index (κ3) is 11.7. The molecule has 0 radical (unpaired) electrons. The fraction of sp³-hybridized carbons (Fsp3) is 0.750. The van der Waals surface area contributed by atoms with E-state index in [1.54, 1.807) is 0 Å². The van der Waals surface area contributed by atoms with Gasteiger partial charge in [-0.3, -0.25) is 14.1 Å². The minimum atomic E-state index is -3.67. The fourth-order valence-corrected chi connectivity index (χ4v) is 4.52. The third-order valence-electron chi connectivity index (χ3n) is 6.44. The number of carbonyl (C=O) groups is 2. The van der Waals surface area contributed by atoms with E-state index >= 15 is 0 Å². The van der Waals surface area contributed by atoms with Crippen LogP contribution >= 0.6 is 0 Å². The molecule has 5 N–H and O–H groups in total. The summed E-state index contributed by atoms with van der Waals surface area (Å²) in [5.41, 5.74) is 0.958. The smallest absolute Gasteiger partial charge is 0.308 e. The number of esters is 1. The quantitative estimate of drug-likeness (QED) is 0.211. The van der Waals surface area contributed by atoms with E-state index in [0.29, 0.717) is 31.9 Å². The largest absolute Gasteiger partial charge is 0.481 e. The Hall–Kier alpha value is -1.79. The van der Waals surface area contributed by atoms with Gasteiger partial charge >= 0.3 is 11.9 Å². The standard InChI is InChI=1S/C23H36O7.CH4O3S/c1-4-13(2)23(29)30-20-11-17(25)9-15-6-5-14(3)19(22(15)20)8-7-16(24)10-18(26)12-21(27)28;1-5(2,3)4/h5-6,9,13-14,16-20,22,24-26H,4,7-8,10-12H2,1-3H3,(H,27,28);1H3,(H,2,3,4)/t13?,14-,16?,17+,18?,19-,20-,22-;/m0./s1. The number of aliphatic hydroxyl groups excluding tert-OH is 3. The van der Waals surface area contributed by atoms with Gasteiger partial charge < -0.3 is 25.2 Å². The van der Waals surface area contributed by atoms with Crippen molar-refractivity contribution in [1.29, 1.82) is 0 Å². The van der Waals surface area contributed by atoms with Gasteiger partial charge in [-0.1, -0.05) is 39.0 Å². The SMILES string of the molecule is CCC(C)C(=O)O[C@H]1C[C@H](O)C=C2C=C[C@H](C)[C@H](CCC(O)CC(O)CC(=O)O)[C@H]21.CS(=O)(=O)O. The van der Waals surface area contributed by atoms with Crippen LogP contribution < -0.4 is 0 Å². The predicted molar refractivity (Wildman–Crippen MR) is 129 cm³/mol. The number of aliphatic carboxylic acids is 1. The van der Waals surface area contributed by atoms with Gasteiger partial charge in [0.2, 0.25) is 0 Å². The van der Waals surface area contributed by atoms with Crippen molar-refractivity contribution in [2.24, 2.45) is 23.7 Å². The molecule has 2 rings (SSSR count). The number of hydrogen-bond acceptors (Lipinski definition) is 8. The van der Waals surface area contributed by atoms with Crippen molar-refractivity contribution in [3.63, 3.8) is 0 Å². The molecule has 0 aromatic carbocycles. The van der Waals surface area contributed by atoms with Crippen molar-refractivity contribution in [1.82, 2.24) is 0 Å². The van der Waals surface area contributed by atoms with E-state index in [1.165, 1.54) is 0 Å². The Labute approximate surface area is 207 Å². The number of rotatable bonds is 10. The number of allylic oxidation sites excluding steroid dienone is 2. The Morgan fingerprint density at radius 1 is 1.23 bits per heavy atom. The van der Waals surface area contributed by atoms with Crippen LogP contribution in [0.15, 0.2) is 23.8 Å². The summed E-state index contributed by atoms with van der Waals surface area (Å²) in [5.74, 6) is -1.31. The lowest BCUT2D eigenvalue weighted by Crippen LogP contribution is -2.43. The zero-order chi connectivity index (χ0) is 26.9. The molecule has 0 aromatic rings. The molecule has 2 aliphatic rings. The summed E-state index contributed by atoms with van der Waals surface area (Å²) < 4.78 is 31.7. The lowest BCUT2D eigenvalue weighted by Gasteiger charge is -2.43. The molecule has 0 bridgehead atoms. The minimum absolute atomic E-state index is 0.0156. The first-order valence-electron chi connectivity index (χ1n) is 11.9. The first kappa shape index (κ1) is 31.2. The van der Waals surface area contributed by atoms with Crippen LogP contribution in [0, 0.1) is 23.7 Å². The number of carboxylic acids is 1. The molecule has 3 unspecified atom stereocenters. The molecule has 0 saturated heterocycles. The highest BCUT2D eigenvalue weighted by molar-refractivity contribution is 7.85. The number of carboxylic acid groups (broad SMARTS) is 1. The average molecular weight is 521 g/mol. The normalized spacial score (nSPS) is 28.5. The highest BCUT2D eigenvalue weighted by Crippen LogP contribution is 2.44. The van der Waals surface area contributed by atoms with Crippen molar-refractivity contribution in [2.45, 2.75) is 83.7 Å². The Bertz CT molecular complexity index is 858. The van der Waals surface area contributed by atoms with Gasteiger partial charge in [0, 0.05) is 12.3 Å². The summed E-state index contributed by atoms with van der Waals surface area (Å²) in [5, 5.41) is 39.1. The lowest BCUT2D eigenvalue weighted by atomic mass is 9.66. The van der Waals surface area contributed by atoms with Gasteiger partial charge in [-0.25, -0.2) is 0 Å². The molecule has 2 aliphatic carbocycles. The van der Waals surface area contributed by atoms with Gasteiger partial charge in [-0.15, -0.1) is 0 Å². The number of fused-ring (bicyclic) bond motifs is 1. The summed E-state index contributed by atoms with van der Waals surface area (Å²) in [6.45, 7) is 5.85. The molecule has 0 spiro atoms. The van der Waals surface area contributed by atoms with Crippen LogP contribution in [0.2, 0.25) is 0 Å². The summed E-state index contributed by atoms with van der Waals surface area (Å²) in [6.07, 6.45) is 5.35. The van der Waals surface area contributed by atoms with Gasteiger partial charge in [0.05, 0.1) is 36.9 Å². The molecule has 0 aliphatic heterocycles. The number of carbonyl (C=O) groups excluding carboxylic acids is 1. The molecule has 35 heavy (non-hydrogen) atoms. The van der Waals surface area contributed by atoms with E-state index in [4.69, 9.17) is 14.4 Å². The van der Waals surface area contributed by atoms with Crippen LogP contribution in [0.5, 0.6) is 0 Å². The molecule has 0 fully saturated rings. The van der Waals surface area contributed by atoms with E-state index in [2.05, 4.69) is 13.0 Å². The van der Waals surface area contributed by atoms with E-state index in [0.717, 1.165) is 5.57 Å². The van der Waals surface area contributed by atoms with Gasteiger partial charge in [0.25, 0.3) is 10.1 Å². The molecular formula is C24H40O10S. The fourth-order valence-electron chi connectivity index (χ4n) is 4.52. The van der Waals surface area contributed by atoms with Crippen LogP contribution in [-0.2, 0) is 24.4 Å². The number of hydrogen-bond donors (Lipinski definition) is 5. The summed E-state index contributed by atoms with van der Waals surface area (Å²) in [6, 6.07) is 0. The van der Waals surface area contributed by atoms with Crippen molar-refractivity contribution in [3.8, 4) is 0 Å². The van der Waals surface area contributed by atoms with Crippen LogP contribution in [0.1, 0.15) is 59.3 Å². The van der Waals surface area contributed by atoms with Crippen molar-refractivity contribution in [2.75, 3.05) is 6.26 Å². The van der Waals surface area contributed by atoms with E-state index in [1.807, 2.05) is 26.0 Å². The topological polar surface area (TPSA) is 179 Å². The molecule has 0 heterocycles. The molecular weight excluding hydrogens is 480 g/mol. The maximum atomic E-state index is 12.4. The lowest BCUT2D eigenvalue weighted by molar-refractivity contribution is -0.159. The molecule has 10 nitrogen and oxygen atoms in total. The molecule has 202 valence electrons. The third-order valence-corrected chi connectivity index (χ3v) is 6.44. The molecule has 11 heteroatoms. The van der Waals surface area contributed by atoms with E-state index in [-0.39, 0.29) is 42.5 Å². The number of aliphatic hydroxyl groups is 3. The van der Waals surface area contributed by atoms with Crippen molar-refractivity contribution < 1.29 is 47.7 Å². The van der Waals surface area contributed by atoms with Gasteiger partial charge in [-0.05, 0) is 43.1 Å². The Morgan fingerprint density at radius 3 is 2.37 bits per heavy atom. The minimum Gasteiger partial charge on any atom is -0.481 e. The monoisotopic (exact) mass is 520 g/mol. The maximum Gasteiger partial charge on any atom is 0.308 e. The van der Waals surface area contributed by atoms with Crippen LogP contribution in [-0.4, -0.2) is 76.0 Å². The van der Waals surface area contributed by atoms with Gasteiger partial charge in [0.1, 0.15) is 6.10 Å². The summed E-state index contributed by atoms with van der Waals surface area (Å²) in [4.78, 5) is 23.1. The zero-order valence-electron chi connectivity index (χ0n) is 20.8. The van der Waals surface area contributed by atoms with Crippen LogP contribution in [0.4, 0.5) is 0 Å². The molecule has 0 saturated carbocycles. The molecule has 8 atom stereocenters. The van der Waals surface area contributed by atoms with Crippen LogP contribution in [0.3, 0.4) is 0 Å². The Kier molecular flexibility index (Phi) is 12.6. The highest BCUT2D eigenvalue weighted by Gasteiger charge is 2.42. The van der Waals surface area contributed by atoms with Gasteiger partial charge in [-0.2, -0.15) is 8.42 Å². The second-order valence-electron chi connectivity index (χ2n) is 9.61.